The van der Waals surface area contributed by atoms with Gasteiger partial charge >= 0.3 is 0 Å². The maximum atomic E-state index is 9.08. The van der Waals surface area contributed by atoms with Crippen molar-refractivity contribution in [2.24, 2.45) is 0 Å². The molecular weight excluding hydrogens is 190 g/mol. The summed E-state index contributed by atoms with van der Waals surface area (Å²) >= 11 is 0. The van der Waals surface area contributed by atoms with Gasteiger partial charge in [0, 0.05) is 25.4 Å². The van der Waals surface area contributed by atoms with E-state index < -0.39 is 0 Å². The van der Waals surface area contributed by atoms with Crippen LogP contribution in [0.3, 0.4) is 0 Å². The first-order valence-electron chi connectivity index (χ1n) is 5.43. The molecule has 0 aliphatic heterocycles. The van der Waals surface area contributed by atoms with Crippen LogP contribution in [-0.2, 0) is 4.74 Å². The second kappa shape index (κ2) is 7.12. The normalized spacial score (nSPS) is 10.2. The van der Waals surface area contributed by atoms with Crippen molar-refractivity contribution < 1.29 is 9.84 Å². The molecule has 0 radical (unpaired) electrons. The fourth-order valence-corrected chi connectivity index (χ4v) is 1.29. The van der Waals surface area contributed by atoms with Crippen molar-refractivity contribution in [2.75, 3.05) is 25.1 Å². The molecule has 0 heterocycles. The Hall–Kier alpha value is -1.22. The van der Waals surface area contributed by atoms with E-state index in [1.165, 1.54) is 0 Å². The maximum absolute atomic E-state index is 9.08. The van der Waals surface area contributed by atoms with Crippen molar-refractivity contribution >= 4 is 5.69 Å². The predicted octanol–water partition coefficient (Wildman–Crippen LogP) is 2.62. The molecule has 0 saturated heterocycles. The monoisotopic (exact) mass is 209 g/mol. The summed E-state index contributed by atoms with van der Waals surface area (Å²) in [5.41, 5.74) is 1.05. The summed E-state index contributed by atoms with van der Waals surface area (Å²) < 4.78 is 5.24. The van der Waals surface area contributed by atoms with E-state index in [4.69, 9.17) is 9.84 Å². The van der Waals surface area contributed by atoms with Crippen LogP contribution < -0.4 is 5.32 Å². The zero-order chi connectivity index (χ0) is 10.9. The van der Waals surface area contributed by atoms with E-state index in [2.05, 4.69) is 5.32 Å². The number of ether oxygens (including phenoxy) is 1. The number of anilines is 1. The van der Waals surface area contributed by atoms with Crippen LogP contribution in [0, 0.1) is 0 Å². The van der Waals surface area contributed by atoms with Gasteiger partial charge in [0.25, 0.3) is 0 Å². The summed E-state index contributed by atoms with van der Waals surface area (Å²) in [6.07, 6.45) is 2.18. The first-order valence-corrected chi connectivity index (χ1v) is 5.43. The number of hydrogen-bond donors (Lipinski definition) is 2. The molecule has 0 atom stereocenters. The van der Waals surface area contributed by atoms with Gasteiger partial charge in [-0.05, 0) is 44.0 Å². The molecule has 84 valence electrons. The Morgan fingerprint density at radius 2 is 1.93 bits per heavy atom. The highest BCUT2D eigenvalue weighted by Gasteiger charge is 1.92. The molecule has 1 aromatic rings. The Morgan fingerprint density at radius 1 is 1.20 bits per heavy atom. The number of nitrogens with one attached hydrogen (secondary N) is 1. The van der Waals surface area contributed by atoms with Gasteiger partial charge in [0.05, 0.1) is 0 Å². The summed E-state index contributed by atoms with van der Waals surface area (Å²) in [4.78, 5) is 0. The second-order valence-electron chi connectivity index (χ2n) is 3.38. The second-order valence-corrected chi connectivity index (χ2v) is 3.38. The van der Waals surface area contributed by atoms with Gasteiger partial charge in [-0.2, -0.15) is 0 Å². The van der Waals surface area contributed by atoms with Gasteiger partial charge in [0.15, 0.2) is 0 Å². The van der Waals surface area contributed by atoms with Gasteiger partial charge < -0.3 is 15.2 Å². The van der Waals surface area contributed by atoms with Crippen molar-refractivity contribution in [1.82, 2.24) is 0 Å². The number of phenolic OH excluding ortho intramolecular Hbond substituents is 1. The third-order valence-electron chi connectivity index (χ3n) is 2.12. The quantitative estimate of drug-likeness (QED) is 0.536. The Balaban J connectivity index is 2.07. The zero-order valence-corrected chi connectivity index (χ0v) is 9.20. The number of rotatable bonds is 7. The molecule has 0 amide bonds. The fraction of sp³-hybridized carbons (Fsp3) is 0.500. The number of hydrogen-bond acceptors (Lipinski definition) is 3. The molecule has 0 spiro atoms. The van der Waals surface area contributed by atoms with Crippen molar-refractivity contribution in [3.05, 3.63) is 24.3 Å². The minimum absolute atomic E-state index is 0.303. The van der Waals surface area contributed by atoms with Crippen LogP contribution in [0.5, 0.6) is 5.75 Å². The molecule has 0 unspecified atom stereocenters. The van der Waals surface area contributed by atoms with E-state index in [-0.39, 0.29) is 0 Å². The number of unbranched alkanes of at least 4 members (excludes halogenated alkanes) is 1. The summed E-state index contributed by atoms with van der Waals surface area (Å²) in [6, 6.07) is 7.11. The van der Waals surface area contributed by atoms with Crippen LogP contribution in [0.4, 0.5) is 5.69 Å². The van der Waals surface area contributed by atoms with E-state index in [9.17, 15) is 0 Å². The highest BCUT2D eigenvalue weighted by Crippen LogP contribution is 2.13. The SMILES string of the molecule is CCOCCCCNc1ccc(O)cc1. The lowest BCUT2D eigenvalue weighted by Gasteiger charge is -2.06. The molecule has 0 aromatic heterocycles. The average molecular weight is 209 g/mol. The number of aromatic hydroxyl groups is 1. The molecule has 3 heteroatoms. The molecule has 1 rings (SSSR count). The third-order valence-corrected chi connectivity index (χ3v) is 2.12. The fourth-order valence-electron chi connectivity index (χ4n) is 1.29. The lowest BCUT2D eigenvalue weighted by molar-refractivity contribution is 0.144. The molecule has 0 aliphatic rings. The van der Waals surface area contributed by atoms with Gasteiger partial charge in [-0.3, -0.25) is 0 Å². The summed E-state index contributed by atoms with van der Waals surface area (Å²) in [5, 5.41) is 12.4. The van der Waals surface area contributed by atoms with Crippen LogP contribution in [0.1, 0.15) is 19.8 Å². The topological polar surface area (TPSA) is 41.5 Å². The third kappa shape index (κ3) is 5.27. The van der Waals surface area contributed by atoms with E-state index in [0.29, 0.717) is 5.75 Å². The molecule has 2 N–H and O–H groups in total. The van der Waals surface area contributed by atoms with Gasteiger partial charge in [0.2, 0.25) is 0 Å². The molecule has 0 saturated carbocycles. The Morgan fingerprint density at radius 3 is 2.60 bits per heavy atom. The lowest BCUT2D eigenvalue weighted by Crippen LogP contribution is -2.03. The van der Waals surface area contributed by atoms with Crippen molar-refractivity contribution in [1.29, 1.82) is 0 Å². The Kier molecular flexibility index (Phi) is 5.63. The number of benzene rings is 1. The smallest absolute Gasteiger partial charge is 0.115 e. The van der Waals surface area contributed by atoms with Crippen molar-refractivity contribution in [3.8, 4) is 5.75 Å². The van der Waals surface area contributed by atoms with Gasteiger partial charge in [-0.25, -0.2) is 0 Å². The average Bonchev–Trinajstić information content (AvgIpc) is 2.26. The standard InChI is InChI=1S/C12H19NO2/c1-2-15-10-4-3-9-13-11-5-7-12(14)8-6-11/h5-8,13-14H,2-4,9-10H2,1H3. The Labute approximate surface area is 91.1 Å². The van der Waals surface area contributed by atoms with Gasteiger partial charge in [-0.15, -0.1) is 0 Å². The van der Waals surface area contributed by atoms with Crippen LogP contribution in [-0.4, -0.2) is 24.9 Å². The minimum Gasteiger partial charge on any atom is -0.508 e. The molecule has 0 bridgehead atoms. The minimum atomic E-state index is 0.303. The van der Waals surface area contributed by atoms with E-state index in [1.807, 2.05) is 19.1 Å². The first kappa shape index (κ1) is 11.9. The molecular formula is C12H19NO2. The van der Waals surface area contributed by atoms with Crippen LogP contribution in [0.15, 0.2) is 24.3 Å². The molecule has 3 nitrogen and oxygen atoms in total. The summed E-state index contributed by atoms with van der Waals surface area (Å²) in [5.74, 6) is 0.303. The highest BCUT2D eigenvalue weighted by atomic mass is 16.5. The lowest BCUT2D eigenvalue weighted by atomic mass is 10.3. The molecule has 15 heavy (non-hydrogen) atoms. The zero-order valence-electron chi connectivity index (χ0n) is 9.20. The largest absolute Gasteiger partial charge is 0.508 e. The molecule has 0 aliphatic carbocycles. The molecule has 0 fully saturated rings. The first-order chi connectivity index (χ1) is 7.33. The van der Waals surface area contributed by atoms with Crippen LogP contribution in [0.25, 0.3) is 0 Å². The van der Waals surface area contributed by atoms with E-state index >= 15 is 0 Å². The van der Waals surface area contributed by atoms with Crippen molar-refractivity contribution in [3.63, 3.8) is 0 Å². The summed E-state index contributed by atoms with van der Waals surface area (Å²) in [6.45, 7) is 4.59. The van der Waals surface area contributed by atoms with Gasteiger partial charge in [-0.1, -0.05) is 0 Å². The summed E-state index contributed by atoms with van der Waals surface area (Å²) in [7, 11) is 0. The highest BCUT2D eigenvalue weighted by molar-refractivity contribution is 5.45. The van der Waals surface area contributed by atoms with E-state index in [1.54, 1.807) is 12.1 Å². The maximum Gasteiger partial charge on any atom is 0.115 e. The van der Waals surface area contributed by atoms with Crippen LogP contribution >= 0.6 is 0 Å². The Bertz CT molecular complexity index is 259. The van der Waals surface area contributed by atoms with Crippen LogP contribution in [0.2, 0.25) is 0 Å². The molecule has 1 aromatic carbocycles. The van der Waals surface area contributed by atoms with Gasteiger partial charge in [0.1, 0.15) is 5.75 Å². The van der Waals surface area contributed by atoms with Crippen molar-refractivity contribution in [2.45, 2.75) is 19.8 Å². The predicted molar refractivity (Wildman–Crippen MR) is 62.3 cm³/mol. The number of phenols is 1. The van der Waals surface area contributed by atoms with E-state index in [0.717, 1.165) is 38.3 Å².